The highest BCUT2D eigenvalue weighted by atomic mass is 79.9. The van der Waals surface area contributed by atoms with Crippen LogP contribution in [-0.2, 0) is 6.61 Å². The van der Waals surface area contributed by atoms with E-state index in [9.17, 15) is 4.79 Å². The van der Waals surface area contributed by atoms with Gasteiger partial charge < -0.3 is 18.9 Å². The molecule has 166 valence electrons. The number of methoxy groups -OCH3 is 3. The van der Waals surface area contributed by atoms with Crippen molar-refractivity contribution in [2.75, 3.05) is 21.3 Å². The molecule has 1 amide bonds. The van der Waals surface area contributed by atoms with Gasteiger partial charge in [-0.2, -0.15) is 5.10 Å². The summed E-state index contributed by atoms with van der Waals surface area (Å²) in [7, 11) is 4.60. The van der Waals surface area contributed by atoms with Gasteiger partial charge in [0.1, 0.15) is 12.4 Å². The van der Waals surface area contributed by atoms with E-state index in [0.717, 1.165) is 10.0 Å². The van der Waals surface area contributed by atoms with Crippen molar-refractivity contribution in [1.82, 2.24) is 5.43 Å². The van der Waals surface area contributed by atoms with Crippen molar-refractivity contribution in [3.8, 4) is 23.0 Å². The summed E-state index contributed by atoms with van der Waals surface area (Å²) in [4.78, 5) is 12.7. The summed E-state index contributed by atoms with van der Waals surface area (Å²) in [5, 5.41) is 4.06. The van der Waals surface area contributed by atoms with E-state index < -0.39 is 0 Å². The minimum Gasteiger partial charge on any atom is -0.493 e. The SMILES string of the molecule is COc1cc(/C=N\NC(=O)c2ccccc2OCc2ccc(Br)cc2)cc(OC)c1OC. The summed E-state index contributed by atoms with van der Waals surface area (Å²) in [5.41, 5.74) is 4.57. The molecule has 0 fully saturated rings. The molecule has 0 saturated carbocycles. The minimum atomic E-state index is -0.389. The molecule has 0 unspecified atom stereocenters. The molecule has 0 saturated heterocycles. The molecule has 0 aliphatic carbocycles. The first-order chi connectivity index (χ1) is 15.5. The topological polar surface area (TPSA) is 78.4 Å². The summed E-state index contributed by atoms with van der Waals surface area (Å²) < 4.78 is 22.8. The van der Waals surface area contributed by atoms with E-state index in [1.165, 1.54) is 27.5 Å². The molecule has 0 bridgehead atoms. The number of hydrogen-bond acceptors (Lipinski definition) is 6. The van der Waals surface area contributed by atoms with Crippen molar-refractivity contribution in [3.63, 3.8) is 0 Å². The third kappa shape index (κ3) is 5.79. The van der Waals surface area contributed by atoms with Crippen molar-refractivity contribution in [2.45, 2.75) is 6.61 Å². The number of halogens is 1. The van der Waals surface area contributed by atoms with E-state index in [1.54, 1.807) is 30.3 Å². The third-order valence-electron chi connectivity index (χ3n) is 4.51. The number of hydrazone groups is 1. The maximum atomic E-state index is 12.7. The fraction of sp³-hybridized carbons (Fsp3) is 0.167. The number of rotatable bonds is 9. The highest BCUT2D eigenvalue weighted by Gasteiger charge is 2.14. The number of ether oxygens (including phenoxy) is 4. The number of para-hydroxylation sites is 1. The van der Waals surface area contributed by atoms with Gasteiger partial charge in [-0.15, -0.1) is 0 Å². The number of nitrogens with one attached hydrogen (secondary N) is 1. The van der Waals surface area contributed by atoms with Crippen molar-refractivity contribution < 1.29 is 23.7 Å². The lowest BCUT2D eigenvalue weighted by Gasteiger charge is -2.12. The van der Waals surface area contributed by atoms with Gasteiger partial charge >= 0.3 is 0 Å². The Morgan fingerprint density at radius 2 is 1.59 bits per heavy atom. The van der Waals surface area contributed by atoms with E-state index in [4.69, 9.17) is 18.9 Å². The normalized spacial score (nSPS) is 10.6. The van der Waals surface area contributed by atoms with Crippen LogP contribution < -0.4 is 24.4 Å². The number of amides is 1. The first kappa shape index (κ1) is 23.1. The van der Waals surface area contributed by atoms with Gasteiger partial charge in [0.15, 0.2) is 11.5 Å². The molecule has 8 heteroatoms. The molecule has 0 radical (unpaired) electrons. The predicted molar refractivity (Wildman–Crippen MR) is 126 cm³/mol. The van der Waals surface area contributed by atoms with E-state index in [0.29, 0.717) is 40.7 Å². The number of hydrogen-bond donors (Lipinski definition) is 1. The predicted octanol–water partition coefficient (Wildman–Crippen LogP) is 4.82. The molecule has 0 spiro atoms. The highest BCUT2D eigenvalue weighted by Crippen LogP contribution is 2.37. The van der Waals surface area contributed by atoms with E-state index in [1.807, 2.05) is 30.3 Å². The zero-order valence-corrected chi connectivity index (χ0v) is 19.5. The van der Waals surface area contributed by atoms with Crippen LogP contribution in [0.15, 0.2) is 70.2 Å². The van der Waals surface area contributed by atoms with Crippen molar-refractivity contribution in [1.29, 1.82) is 0 Å². The standard InChI is InChI=1S/C24H23BrN2O5/c1-29-21-12-17(13-22(30-2)23(21)31-3)14-26-27-24(28)19-6-4-5-7-20(19)32-15-16-8-10-18(25)11-9-16/h4-14H,15H2,1-3H3,(H,27,28)/b26-14-. The number of nitrogens with zero attached hydrogens (tertiary/aromatic N) is 1. The van der Waals surface area contributed by atoms with Gasteiger partial charge in [0.25, 0.3) is 5.91 Å². The van der Waals surface area contributed by atoms with Crippen LogP contribution in [0.5, 0.6) is 23.0 Å². The van der Waals surface area contributed by atoms with Gasteiger partial charge in [-0.3, -0.25) is 4.79 Å². The Bertz CT molecular complexity index is 1070. The van der Waals surface area contributed by atoms with Crippen LogP contribution >= 0.6 is 15.9 Å². The molecule has 0 heterocycles. The van der Waals surface area contributed by atoms with E-state index in [-0.39, 0.29) is 5.91 Å². The molecular formula is C24H23BrN2O5. The van der Waals surface area contributed by atoms with Gasteiger partial charge in [-0.1, -0.05) is 40.2 Å². The lowest BCUT2D eigenvalue weighted by Crippen LogP contribution is -2.18. The average molecular weight is 499 g/mol. The molecular weight excluding hydrogens is 476 g/mol. The molecule has 1 N–H and O–H groups in total. The quantitative estimate of drug-likeness (QED) is 0.338. The summed E-state index contributed by atoms with van der Waals surface area (Å²) in [6, 6.07) is 18.3. The number of carbonyl (C=O) groups is 1. The second kappa shape index (κ2) is 11.2. The fourth-order valence-electron chi connectivity index (χ4n) is 2.92. The van der Waals surface area contributed by atoms with Gasteiger partial charge in [0.05, 0.1) is 33.1 Å². The van der Waals surface area contributed by atoms with Crippen LogP contribution in [0.25, 0.3) is 0 Å². The Hall–Kier alpha value is -3.52. The van der Waals surface area contributed by atoms with Gasteiger partial charge in [0, 0.05) is 10.0 Å². The zero-order chi connectivity index (χ0) is 22.9. The van der Waals surface area contributed by atoms with Gasteiger partial charge in [0.2, 0.25) is 5.75 Å². The van der Waals surface area contributed by atoms with E-state index in [2.05, 4.69) is 26.5 Å². The van der Waals surface area contributed by atoms with Gasteiger partial charge in [-0.25, -0.2) is 5.43 Å². The molecule has 0 atom stereocenters. The lowest BCUT2D eigenvalue weighted by molar-refractivity contribution is 0.0950. The van der Waals surface area contributed by atoms with Crippen LogP contribution in [-0.4, -0.2) is 33.5 Å². The molecule has 3 aromatic rings. The molecule has 3 aromatic carbocycles. The van der Waals surface area contributed by atoms with Crippen LogP contribution in [0.4, 0.5) is 0 Å². The maximum Gasteiger partial charge on any atom is 0.275 e. The summed E-state index contributed by atoms with van der Waals surface area (Å²) in [5.74, 6) is 1.54. The van der Waals surface area contributed by atoms with Crippen molar-refractivity contribution >= 4 is 28.1 Å². The third-order valence-corrected chi connectivity index (χ3v) is 5.03. The van der Waals surface area contributed by atoms with Crippen molar-refractivity contribution in [2.24, 2.45) is 5.10 Å². The lowest BCUT2D eigenvalue weighted by atomic mass is 10.2. The Balaban J connectivity index is 1.70. The Morgan fingerprint density at radius 1 is 0.938 bits per heavy atom. The van der Waals surface area contributed by atoms with Crippen molar-refractivity contribution in [3.05, 3.63) is 81.8 Å². The Morgan fingerprint density at radius 3 is 2.22 bits per heavy atom. The first-order valence-corrected chi connectivity index (χ1v) is 10.4. The Labute approximate surface area is 195 Å². The smallest absolute Gasteiger partial charge is 0.275 e. The second-order valence-corrected chi connectivity index (χ2v) is 7.48. The summed E-state index contributed by atoms with van der Waals surface area (Å²) in [6.45, 7) is 0.340. The summed E-state index contributed by atoms with van der Waals surface area (Å²) in [6.07, 6.45) is 1.49. The Kier molecular flexibility index (Phi) is 8.10. The van der Waals surface area contributed by atoms with Gasteiger partial charge in [-0.05, 0) is 42.0 Å². The average Bonchev–Trinajstić information content (AvgIpc) is 2.83. The van der Waals surface area contributed by atoms with Crippen LogP contribution in [0, 0.1) is 0 Å². The van der Waals surface area contributed by atoms with E-state index >= 15 is 0 Å². The molecule has 0 aliphatic rings. The molecule has 0 aliphatic heterocycles. The molecule has 32 heavy (non-hydrogen) atoms. The maximum absolute atomic E-state index is 12.7. The second-order valence-electron chi connectivity index (χ2n) is 6.57. The molecule has 0 aromatic heterocycles. The first-order valence-electron chi connectivity index (χ1n) is 9.65. The highest BCUT2D eigenvalue weighted by molar-refractivity contribution is 9.10. The summed E-state index contributed by atoms with van der Waals surface area (Å²) >= 11 is 3.41. The monoisotopic (exact) mass is 498 g/mol. The van der Waals surface area contributed by atoms with Crippen LogP contribution in [0.1, 0.15) is 21.5 Å². The zero-order valence-electron chi connectivity index (χ0n) is 17.9. The van der Waals surface area contributed by atoms with Crippen LogP contribution in [0.2, 0.25) is 0 Å². The fourth-order valence-corrected chi connectivity index (χ4v) is 3.19. The number of benzene rings is 3. The molecule has 7 nitrogen and oxygen atoms in total. The number of carbonyl (C=O) groups excluding carboxylic acids is 1. The van der Waals surface area contributed by atoms with Crippen LogP contribution in [0.3, 0.4) is 0 Å². The molecule has 3 rings (SSSR count). The largest absolute Gasteiger partial charge is 0.493 e. The minimum absolute atomic E-state index is 0.340.